The fourth-order valence-electron chi connectivity index (χ4n) is 3.61. The summed E-state index contributed by atoms with van der Waals surface area (Å²) in [6.45, 7) is 4.11. The highest BCUT2D eigenvalue weighted by Crippen LogP contribution is 2.34. The minimum absolute atomic E-state index is 0.0561. The predicted molar refractivity (Wildman–Crippen MR) is 107 cm³/mol. The van der Waals surface area contributed by atoms with Crippen LogP contribution in [0.1, 0.15) is 42.9 Å². The minimum Gasteiger partial charge on any atom is -0.485 e. The molecule has 1 aliphatic carbocycles. The topological polar surface area (TPSA) is 82.7 Å². The van der Waals surface area contributed by atoms with Gasteiger partial charge in [0.15, 0.2) is 11.6 Å². The molecule has 4 rings (SSSR count). The Labute approximate surface area is 173 Å². The van der Waals surface area contributed by atoms with Crippen LogP contribution in [0.5, 0.6) is 5.75 Å². The Morgan fingerprint density at radius 3 is 2.60 bits per heavy atom. The van der Waals surface area contributed by atoms with Gasteiger partial charge in [-0.1, -0.05) is 0 Å². The van der Waals surface area contributed by atoms with Gasteiger partial charge in [-0.15, -0.1) is 0 Å². The normalized spacial score (nSPS) is 16.6. The van der Waals surface area contributed by atoms with Gasteiger partial charge in [0.05, 0.1) is 5.69 Å². The molecule has 0 radical (unpaired) electrons. The molecule has 0 bridgehead atoms. The van der Waals surface area contributed by atoms with Gasteiger partial charge in [-0.2, -0.15) is 10.2 Å². The summed E-state index contributed by atoms with van der Waals surface area (Å²) in [5, 5.41) is 11.8. The molecule has 0 atom stereocenters. The maximum atomic E-state index is 13.5. The maximum Gasteiger partial charge on any atom is 0.248 e. The maximum absolute atomic E-state index is 13.5. The second-order valence-electron chi connectivity index (χ2n) is 7.75. The Balaban J connectivity index is 1.59. The van der Waals surface area contributed by atoms with E-state index in [1.807, 2.05) is 19.9 Å². The van der Waals surface area contributed by atoms with E-state index in [1.165, 1.54) is 6.33 Å². The molecule has 0 saturated heterocycles. The molecular formula is C20H25F2N7O. The third-order valence-electron chi connectivity index (χ3n) is 5.25. The van der Waals surface area contributed by atoms with Crippen LogP contribution in [0.2, 0.25) is 0 Å². The average molecular weight is 417 g/mol. The third-order valence-corrected chi connectivity index (χ3v) is 5.25. The smallest absolute Gasteiger partial charge is 0.248 e. The van der Waals surface area contributed by atoms with E-state index in [0.717, 1.165) is 11.4 Å². The Hall–Kier alpha value is -3.04. The van der Waals surface area contributed by atoms with E-state index in [2.05, 4.69) is 25.5 Å². The summed E-state index contributed by atoms with van der Waals surface area (Å²) >= 11 is 0. The van der Waals surface area contributed by atoms with E-state index < -0.39 is 5.92 Å². The first-order valence-corrected chi connectivity index (χ1v) is 9.95. The molecular weight excluding hydrogens is 392 g/mol. The number of nitrogens with one attached hydrogen (secondary N) is 1. The summed E-state index contributed by atoms with van der Waals surface area (Å²) < 4.78 is 36.3. The van der Waals surface area contributed by atoms with Crippen LogP contribution in [0.25, 0.3) is 5.82 Å². The quantitative estimate of drug-likeness (QED) is 0.660. The van der Waals surface area contributed by atoms with E-state index >= 15 is 0 Å². The van der Waals surface area contributed by atoms with E-state index in [9.17, 15) is 8.78 Å². The number of nitrogens with zero attached hydrogens (tertiary/aromatic N) is 6. The van der Waals surface area contributed by atoms with Crippen LogP contribution in [0.3, 0.4) is 0 Å². The third kappa shape index (κ3) is 4.58. The molecule has 3 aromatic heterocycles. The zero-order chi connectivity index (χ0) is 21.3. The number of rotatable bonds is 6. The standard InChI is InChI=1S/C20H25F2N7O/c1-13-8-14(2)29(27-13)18-10-16(30-11-19-23-12-24-28(19)3)9-17(26-18)25-15-4-6-20(21,22)7-5-15/h8-10,12,15H,4-7,11H2,1-3H3,(H,25,26). The zero-order valence-electron chi connectivity index (χ0n) is 17.3. The van der Waals surface area contributed by atoms with Gasteiger partial charge >= 0.3 is 0 Å². The number of pyridine rings is 1. The molecule has 0 aromatic carbocycles. The highest BCUT2D eigenvalue weighted by molar-refractivity contribution is 5.48. The number of hydrogen-bond donors (Lipinski definition) is 1. The molecule has 1 N–H and O–H groups in total. The molecule has 0 amide bonds. The monoisotopic (exact) mass is 417 g/mol. The lowest BCUT2D eigenvalue weighted by Crippen LogP contribution is -2.32. The molecule has 1 aliphatic rings. The van der Waals surface area contributed by atoms with Crippen LogP contribution in [0.15, 0.2) is 24.5 Å². The van der Waals surface area contributed by atoms with Crippen LogP contribution in [0.4, 0.5) is 14.6 Å². The minimum atomic E-state index is -2.57. The highest BCUT2D eigenvalue weighted by Gasteiger charge is 2.35. The zero-order valence-corrected chi connectivity index (χ0v) is 17.3. The Morgan fingerprint density at radius 2 is 1.97 bits per heavy atom. The van der Waals surface area contributed by atoms with Crippen molar-refractivity contribution in [3.63, 3.8) is 0 Å². The number of hydrogen-bond acceptors (Lipinski definition) is 6. The summed E-state index contributed by atoms with van der Waals surface area (Å²) in [4.78, 5) is 8.83. The van der Waals surface area contributed by atoms with Gasteiger partial charge < -0.3 is 10.1 Å². The van der Waals surface area contributed by atoms with Gasteiger partial charge in [0.1, 0.15) is 24.5 Å². The first-order valence-electron chi connectivity index (χ1n) is 9.95. The summed E-state index contributed by atoms with van der Waals surface area (Å²) in [6.07, 6.45) is 2.04. The molecule has 8 nitrogen and oxygen atoms in total. The number of alkyl halides is 2. The molecule has 0 unspecified atom stereocenters. The molecule has 30 heavy (non-hydrogen) atoms. The predicted octanol–water partition coefficient (Wildman–Crippen LogP) is 3.58. The number of aromatic nitrogens is 6. The van der Waals surface area contributed by atoms with Crippen molar-refractivity contribution < 1.29 is 13.5 Å². The molecule has 3 heterocycles. The van der Waals surface area contributed by atoms with Gasteiger partial charge in [-0.05, 0) is 32.8 Å². The first kappa shape index (κ1) is 20.2. The molecule has 1 fully saturated rings. The lowest BCUT2D eigenvalue weighted by molar-refractivity contribution is -0.0361. The van der Waals surface area contributed by atoms with Gasteiger partial charge in [0, 0.05) is 43.8 Å². The van der Waals surface area contributed by atoms with Crippen molar-refractivity contribution in [3.05, 3.63) is 41.7 Å². The van der Waals surface area contributed by atoms with Gasteiger partial charge in [-0.3, -0.25) is 4.68 Å². The van der Waals surface area contributed by atoms with E-state index in [1.54, 1.807) is 28.5 Å². The van der Waals surface area contributed by atoms with Gasteiger partial charge in [0.25, 0.3) is 0 Å². The van der Waals surface area contributed by atoms with Crippen LogP contribution >= 0.6 is 0 Å². The fourth-order valence-corrected chi connectivity index (χ4v) is 3.61. The second-order valence-corrected chi connectivity index (χ2v) is 7.75. The van der Waals surface area contributed by atoms with Crippen molar-refractivity contribution in [1.82, 2.24) is 29.5 Å². The van der Waals surface area contributed by atoms with Crippen LogP contribution in [0, 0.1) is 13.8 Å². The van der Waals surface area contributed by atoms with Crippen molar-refractivity contribution in [3.8, 4) is 11.6 Å². The van der Waals surface area contributed by atoms with Crippen LogP contribution in [-0.4, -0.2) is 41.5 Å². The first-order chi connectivity index (χ1) is 14.3. The summed E-state index contributed by atoms with van der Waals surface area (Å²) in [6, 6.07) is 5.48. The molecule has 3 aromatic rings. The number of ether oxygens (including phenoxy) is 1. The fraction of sp³-hybridized carbons (Fsp3) is 0.500. The average Bonchev–Trinajstić information content (AvgIpc) is 3.26. The van der Waals surface area contributed by atoms with Crippen LogP contribution < -0.4 is 10.1 Å². The second kappa shape index (κ2) is 8.00. The SMILES string of the molecule is Cc1cc(C)n(-c2cc(OCc3ncnn3C)cc(NC3CCC(F)(F)CC3)n2)n1. The summed E-state index contributed by atoms with van der Waals surface area (Å²) in [7, 11) is 1.80. The van der Waals surface area contributed by atoms with Crippen molar-refractivity contribution in [2.45, 2.75) is 58.1 Å². The molecule has 0 spiro atoms. The molecule has 10 heteroatoms. The Morgan fingerprint density at radius 1 is 1.20 bits per heavy atom. The van der Waals surface area contributed by atoms with Gasteiger partial charge in [0.2, 0.25) is 5.92 Å². The number of halogens is 2. The number of aryl methyl sites for hydroxylation is 3. The van der Waals surface area contributed by atoms with E-state index in [4.69, 9.17) is 4.74 Å². The largest absolute Gasteiger partial charge is 0.485 e. The lowest BCUT2D eigenvalue weighted by Gasteiger charge is -2.29. The Kier molecular flexibility index (Phi) is 5.40. The van der Waals surface area contributed by atoms with Gasteiger partial charge in [-0.25, -0.2) is 23.4 Å². The molecule has 160 valence electrons. The van der Waals surface area contributed by atoms with Crippen molar-refractivity contribution in [1.29, 1.82) is 0 Å². The van der Waals surface area contributed by atoms with Crippen molar-refractivity contribution in [2.75, 3.05) is 5.32 Å². The van der Waals surface area contributed by atoms with Crippen LogP contribution in [-0.2, 0) is 13.7 Å². The lowest BCUT2D eigenvalue weighted by atomic mass is 9.92. The summed E-state index contributed by atoms with van der Waals surface area (Å²) in [5.74, 6) is -0.132. The van der Waals surface area contributed by atoms with E-state index in [0.29, 0.717) is 36.1 Å². The highest BCUT2D eigenvalue weighted by atomic mass is 19.3. The Bertz CT molecular complexity index is 1020. The van der Waals surface area contributed by atoms with Crippen molar-refractivity contribution in [2.24, 2.45) is 7.05 Å². The molecule has 1 saturated carbocycles. The van der Waals surface area contributed by atoms with E-state index in [-0.39, 0.29) is 25.5 Å². The molecule has 0 aliphatic heterocycles. The van der Waals surface area contributed by atoms with Crippen molar-refractivity contribution >= 4 is 5.82 Å². The number of anilines is 1. The summed E-state index contributed by atoms with van der Waals surface area (Å²) in [5.41, 5.74) is 1.82.